The van der Waals surface area contributed by atoms with E-state index in [2.05, 4.69) is 24.1 Å². The summed E-state index contributed by atoms with van der Waals surface area (Å²) in [5.74, 6) is 0.145. The van der Waals surface area contributed by atoms with Crippen LogP contribution in [0.25, 0.3) is 0 Å². The van der Waals surface area contributed by atoms with Gasteiger partial charge in [-0.3, -0.25) is 9.69 Å². The Hall–Kier alpha value is -0.610. The Morgan fingerprint density at radius 2 is 2.00 bits per heavy atom. The van der Waals surface area contributed by atoms with E-state index in [0.717, 1.165) is 19.5 Å². The first-order valence-electron chi connectivity index (χ1n) is 7.95. The molecule has 1 rings (SSSR count). The van der Waals surface area contributed by atoms with Gasteiger partial charge in [-0.25, -0.2) is 0 Å². The minimum Gasteiger partial charge on any atom is -0.356 e. The number of nitrogens with two attached hydrogens (primary N) is 1. The summed E-state index contributed by atoms with van der Waals surface area (Å²) in [5, 5.41) is 2.96. The highest BCUT2D eigenvalue weighted by Gasteiger charge is 2.27. The lowest BCUT2D eigenvalue weighted by molar-refractivity contribution is -0.122. The normalized spacial score (nSPS) is 18.5. The van der Waals surface area contributed by atoms with Gasteiger partial charge in [0.1, 0.15) is 0 Å². The van der Waals surface area contributed by atoms with E-state index in [-0.39, 0.29) is 11.9 Å². The van der Waals surface area contributed by atoms with Gasteiger partial charge in [0.05, 0.1) is 0 Å². The standard InChI is InChI=1S/C15H31N3O/c1-3-10-17-15(19)11-14(12-16)18(4-2)13-8-6-5-7-9-13/h13-14H,3-12,16H2,1-2H3,(H,17,19). The van der Waals surface area contributed by atoms with Crippen molar-refractivity contribution in [2.24, 2.45) is 5.73 Å². The summed E-state index contributed by atoms with van der Waals surface area (Å²) in [7, 11) is 0. The third-order valence-electron chi connectivity index (χ3n) is 4.14. The number of rotatable bonds is 8. The van der Waals surface area contributed by atoms with Crippen LogP contribution < -0.4 is 11.1 Å². The van der Waals surface area contributed by atoms with E-state index < -0.39 is 0 Å². The van der Waals surface area contributed by atoms with Gasteiger partial charge in [-0.15, -0.1) is 0 Å². The SMILES string of the molecule is CCCNC(=O)CC(CN)N(CC)C1CCCCC1. The van der Waals surface area contributed by atoms with E-state index in [4.69, 9.17) is 5.73 Å². The quantitative estimate of drug-likeness (QED) is 0.707. The highest BCUT2D eigenvalue weighted by Crippen LogP contribution is 2.24. The smallest absolute Gasteiger partial charge is 0.221 e. The molecule has 0 aromatic heterocycles. The summed E-state index contributed by atoms with van der Waals surface area (Å²) >= 11 is 0. The van der Waals surface area contributed by atoms with Crippen LogP contribution in [0, 0.1) is 0 Å². The van der Waals surface area contributed by atoms with Crippen molar-refractivity contribution in [1.82, 2.24) is 10.2 Å². The van der Waals surface area contributed by atoms with Gasteiger partial charge in [-0.1, -0.05) is 33.1 Å². The largest absolute Gasteiger partial charge is 0.356 e. The lowest BCUT2D eigenvalue weighted by Crippen LogP contribution is -2.49. The second-order valence-electron chi connectivity index (χ2n) is 5.57. The number of carbonyl (C=O) groups is 1. The molecule has 0 aromatic rings. The Kier molecular flexibility index (Phi) is 8.07. The number of carbonyl (C=O) groups excluding carboxylic acids is 1. The predicted molar refractivity (Wildman–Crippen MR) is 80.0 cm³/mol. The number of nitrogens with one attached hydrogen (secondary N) is 1. The zero-order valence-corrected chi connectivity index (χ0v) is 12.7. The van der Waals surface area contributed by atoms with Gasteiger partial charge >= 0.3 is 0 Å². The lowest BCUT2D eigenvalue weighted by atomic mass is 9.92. The van der Waals surface area contributed by atoms with E-state index in [1.165, 1.54) is 32.1 Å². The molecule has 1 amide bonds. The zero-order valence-electron chi connectivity index (χ0n) is 12.7. The molecule has 0 saturated heterocycles. The Bertz CT molecular complexity index is 252. The fraction of sp³-hybridized carbons (Fsp3) is 0.933. The molecule has 4 nitrogen and oxygen atoms in total. The summed E-state index contributed by atoms with van der Waals surface area (Å²) in [4.78, 5) is 14.3. The Morgan fingerprint density at radius 1 is 1.32 bits per heavy atom. The Morgan fingerprint density at radius 3 is 2.53 bits per heavy atom. The average molecular weight is 269 g/mol. The summed E-state index contributed by atoms with van der Waals surface area (Å²) in [6.07, 6.45) is 8.06. The van der Waals surface area contributed by atoms with Crippen LogP contribution in [0.15, 0.2) is 0 Å². The molecule has 1 aliphatic rings. The van der Waals surface area contributed by atoms with Gasteiger partial charge in [-0.2, -0.15) is 0 Å². The summed E-state index contributed by atoms with van der Waals surface area (Å²) in [6.45, 7) is 6.59. The van der Waals surface area contributed by atoms with Crippen LogP contribution in [0.2, 0.25) is 0 Å². The molecule has 0 heterocycles. The minimum absolute atomic E-state index is 0.145. The van der Waals surface area contributed by atoms with E-state index in [1.54, 1.807) is 0 Å². The topological polar surface area (TPSA) is 58.4 Å². The van der Waals surface area contributed by atoms with Gasteiger partial charge in [0, 0.05) is 31.6 Å². The molecule has 3 N–H and O–H groups in total. The number of hydrogen-bond acceptors (Lipinski definition) is 3. The average Bonchev–Trinajstić information content (AvgIpc) is 2.46. The van der Waals surface area contributed by atoms with Crippen LogP contribution in [0.4, 0.5) is 0 Å². The number of amides is 1. The minimum atomic E-state index is 0.145. The molecule has 1 saturated carbocycles. The third-order valence-corrected chi connectivity index (χ3v) is 4.14. The van der Waals surface area contributed by atoms with Gasteiger partial charge < -0.3 is 11.1 Å². The molecule has 1 aliphatic carbocycles. The van der Waals surface area contributed by atoms with Crippen molar-refractivity contribution in [2.75, 3.05) is 19.6 Å². The molecule has 0 aliphatic heterocycles. The van der Waals surface area contributed by atoms with E-state index in [0.29, 0.717) is 19.0 Å². The van der Waals surface area contributed by atoms with Crippen molar-refractivity contribution in [3.8, 4) is 0 Å². The fourth-order valence-corrected chi connectivity index (χ4v) is 3.11. The molecule has 112 valence electrons. The highest BCUT2D eigenvalue weighted by atomic mass is 16.1. The maximum atomic E-state index is 11.9. The van der Waals surface area contributed by atoms with Gasteiger partial charge in [-0.05, 0) is 25.8 Å². The first-order valence-corrected chi connectivity index (χ1v) is 7.95. The van der Waals surface area contributed by atoms with Gasteiger partial charge in [0.15, 0.2) is 0 Å². The molecule has 1 unspecified atom stereocenters. The summed E-state index contributed by atoms with van der Waals surface area (Å²) in [5.41, 5.74) is 5.91. The first-order chi connectivity index (χ1) is 9.22. The van der Waals surface area contributed by atoms with Crippen LogP contribution in [0.5, 0.6) is 0 Å². The highest BCUT2D eigenvalue weighted by molar-refractivity contribution is 5.76. The Balaban J connectivity index is 2.51. The third kappa shape index (κ3) is 5.49. The lowest BCUT2D eigenvalue weighted by Gasteiger charge is -2.38. The van der Waals surface area contributed by atoms with Crippen molar-refractivity contribution in [3.63, 3.8) is 0 Å². The molecule has 1 fully saturated rings. The maximum absolute atomic E-state index is 11.9. The van der Waals surface area contributed by atoms with Gasteiger partial charge in [0.25, 0.3) is 0 Å². The second kappa shape index (κ2) is 9.32. The van der Waals surface area contributed by atoms with E-state index in [9.17, 15) is 4.79 Å². The summed E-state index contributed by atoms with van der Waals surface area (Å²) in [6, 6.07) is 0.830. The van der Waals surface area contributed by atoms with Crippen molar-refractivity contribution in [1.29, 1.82) is 0 Å². The van der Waals surface area contributed by atoms with Crippen molar-refractivity contribution >= 4 is 5.91 Å². The molecule has 19 heavy (non-hydrogen) atoms. The molecule has 1 atom stereocenters. The molecular formula is C15H31N3O. The van der Waals surface area contributed by atoms with Crippen molar-refractivity contribution in [2.45, 2.75) is 70.9 Å². The zero-order chi connectivity index (χ0) is 14.1. The monoisotopic (exact) mass is 269 g/mol. The number of nitrogens with zero attached hydrogens (tertiary/aromatic N) is 1. The molecule has 0 aromatic carbocycles. The Labute approximate surface area is 118 Å². The molecule has 0 spiro atoms. The van der Waals surface area contributed by atoms with Crippen LogP contribution in [0.1, 0.15) is 58.8 Å². The second-order valence-corrected chi connectivity index (χ2v) is 5.57. The molecule has 0 radical (unpaired) electrons. The first kappa shape index (κ1) is 16.4. The van der Waals surface area contributed by atoms with E-state index >= 15 is 0 Å². The van der Waals surface area contributed by atoms with Crippen LogP contribution in [-0.2, 0) is 4.79 Å². The summed E-state index contributed by atoms with van der Waals surface area (Å²) < 4.78 is 0. The molecular weight excluding hydrogens is 238 g/mol. The van der Waals surface area contributed by atoms with E-state index in [1.807, 2.05) is 0 Å². The van der Waals surface area contributed by atoms with Crippen LogP contribution in [-0.4, -0.2) is 42.5 Å². The predicted octanol–water partition coefficient (Wildman–Crippen LogP) is 1.88. The number of hydrogen-bond donors (Lipinski definition) is 2. The van der Waals surface area contributed by atoms with Gasteiger partial charge in [0.2, 0.25) is 5.91 Å². The van der Waals surface area contributed by atoms with Crippen molar-refractivity contribution < 1.29 is 4.79 Å². The number of likely N-dealkylation sites (N-methyl/N-ethyl adjacent to an activating group) is 1. The molecule has 4 heteroatoms. The van der Waals surface area contributed by atoms with Crippen LogP contribution in [0.3, 0.4) is 0 Å². The van der Waals surface area contributed by atoms with Crippen molar-refractivity contribution in [3.05, 3.63) is 0 Å². The fourth-order valence-electron chi connectivity index (χ4n) is 3.11. The van der Waals surface area contributed by atoms with Crippen LogP contribution >= 0.6 is 0 Å². The molecule has 0 bridgehead atoms. The maximum Gasteiger partial charge on any atom is 0.221 e.